The molecule has 1 unspecified atom stereocenters. The van der Waals surface area contributed by atoms with Crippen LogP contribution in [0.15, 0.2) is 109 Å². The molecule has 0 radical (unpaired) electrons. The number of hydrogen-bond donors (Lipinski definition) is 2. The molecule has 5 rings (SSSR count). The number of carbonyl (C=O) groups excluding carboxylic acids is 2. The van der Waals surface area contributed by atoms with E-state index in [1.54, 1.807) is 35.2 Å². The number of hydrogen-bond acceptors (Lipinski definition) is 5. The molecule has 11 heteroatoms. The van der Waals surface area contributed by atoms with Crippen LogP contribution in [0, 0.1) is 0 Å². The minimum atomic E-state index is -0.827. The van der Waals surface area contributed by atoms with E-state index >= 15 is 0 Å². The van der Waals surface area contributed by atoms with Crippen molar-refractivity contribution in [3.8, 4) is 0 Å². The highest BCUT2D eigenvalue weighted by atomic mass is 35.5. The average Bonchev–Trinajstić information content (AvgIpc) is 3.09. The van der Waals surface area contributed by atoms with Crippen LogP contribution in [-0.2, 0) is 10.3 Å². The Hall–Kier alpha value is -3.63. The minimum absolute atomic E-state index is 0. The predicted molar refractivity (Wildman–Crippen MR) is 194 cm³/mol. The van der Waals surface area contributed by atoms with Crippen LogP contribution >= 0.6 is 35.6 Å². The molecule has 1 fully saturated rings. The summed E-state index contributed by atoms with van der Waals surface area (Å²) in [5.74, 6) is -0.223. The normalized spacial score (nSPS) is 14.5. The number of piperidine rings is 1. The first-order valence-corrected chi connectivity index (χ1v) is 16.3. The third-order valence-electron chi connectivity index (χ3n) is 8.57. The molecule has 0 spiro atoms. The molecule has 4 aromatic rings. The van der Waals surface area contributed by atoms with Gasteiger partial charge < -0.3 is 25.1 Å². The second-order valence-electron chi connectivity index (χ2n) is 11.6. The summed E-state index contributed by atoms with van der Waals surface area (Å²) in [7, 11) is 0. The van der Waals surface area contributed by atoms with Gasteiger partial charge in [-0.2, -0.15) is 0 Å². The van der Waals surface area contributed by atoms with Crippen LogP contribution in [0.1, 0.15) is 46.7 Å². The summed E-state index contributed by atoms with van der Waals surface area (Å²) < 4.78 is 5.48. The van der Waals surface area contributed by atoms with Crippen molar-refractivity contribution in [3.63, 3.8) is 0 Å². The Balaban J connectivity index is 0.00000312. The van der Waals surface area contributed by atoms with Crippen molar-refractivity contribution < 1.29 is 24.9 Å². The van der Waals surface area contributed by atoms with E-state index in [0.717, 1.165) is 37.2 Å². The summed E-state index contributed by atoms with van der Waals surface area (Å²) in [5.41, 5.74) is 2.29. The van der Waals surface area contributed by atoms with E-state index < -0.39 is 11.7 Å². The van der Waals surface area contributed by atoms with Crippen molar-refractivity contribution in [3.05, 3.63) is 136 Å². The molecule has 0 saturated carbocycles. The highest BCUT2D eigenvalue weighted by Crippen LogP contribution is 2.34. The molecule has 0 aromatic heterocycles. The van der Waals surface area contributed by atoms with Crippen molar-refractivity contribution >= 4 is 53.3 Å². The van der Waals surface area contributed by atoms with Gasteiger partial charge in [0, 0.05) is 36.8 Å². The van der Waals surface area contributed by atoms with Crippen LogP contribution in [0.25, 0.3) is 0 Å². The Labute approximate surface area is 298 Å². The lowest BCUT2D eigenvalue weighted by atomic mass is 9.84. The maximum atomic E-state index is 13.8. The molecule has 1 aliphatic heterocycles. The standard InChI is InChI=1S/C37H39Cl2N3O4.ClH.H2O/c38-33-17-16-29(26-34(33)39)30(18-21-41-22-19-37(45,20-23-41)31-12-6-2-7-13-31)27-42(35(43)28-10-4-1-5-11-28)24-25-46-36(44)40-32-14-8-3-9-15-32;;/h1-17,26,30,45H,18-25,27H2,(H,40,44);1H;1H2. The van der Waals surface area contributed by atoms with Gasteiger partial charge in [-0.1, -0.05) is 96.0 Å². The Kier molecular flexibility index (Phi) is 15.2. The van der Waals surface area contributed by atoms with Gasteiger partial charge >= 0.3 is 6.09 Å². The van der Waals surface area contributed by atoms with Gasteiger partial charge in [0.15, 0.2) is 0 Å². The van der Waals surface area contributed by atoms with Gasteiger partial charge in [-0.05, 0) is 73.3 Å². The Morgan fingerprint density at radius 3 is 2.10 bits per heavy atom. The molecule has 4 N–H and O–H groups in total. The van der Waals surface area contributed by atoms with E-state index in [4.69, 9.17) is 27.9 Å². The predicted octanol–water partition coefficient (Wildman–Crippen LogP) is 7.44. The molecule has 256 valence electrons. The summed E-state index contributed by atoms with van der Waals surface area (Å²) in [5, 5.41) is 15.0. The summed E-state index contributed by atoms with van der Waals surface area (Å²) >= 11 is 12.7. The number of benzene rings is 4. The van der Waals surface area contributed by atoms with Crippen molar-refractivity contribution in [2.45, 2.75) is 30.8 Å². The fraction of sp³-hybridized carbons (Fsp3) is 0.297. The monoisotopic (exact) mass is 713 g/mol. The highest BCUT2D eigenvalue weighted by Gasteiger charge is 2.34. The van der Waals surface area contributed by atoms with Gasteiger partial charge in [0.1, 0.15) is 6.61 Å². The lowest BCUT2D eigenvalue weighted by molar-refractivity contribution is -0.0264. The van der Waals surface area contributed by atoms with Crippen LogP contribution in [-0.4, -0.2) is 71.7 Å². The molecule has 0 bridgehead atoms. The summed E-state index contributed by atoms with van der Waals surface area (Å²) in [6, 6.07) is 33.7. The molecule has 1 aliphatic rings. The molecular formula is C37H42Cl3N3O5. The number of para-hydroxylation sites is 1. The third kappa shape index (κ3) is 10.7. The van der Waals surface area contributed by atoms with Crippen molar-refractivity contribution in [1.82, 2.24) is 9.80 Å². The van der Waals surface area contributed by atoms with Gasteiger partial charge in [-0.25, -0.2) is 4.79 Å². The molecule has 8 nitrogen and oxygen atoms in total. The zero-order valence-corrected chi connectivity index (χ0v) is 28.9. The third-order valence-corrected chi connectivity index (χ3v) is 9.31. The maximum absolute atomic E-state index is 13.8. The second-order valence-corrected chi connectivity index (χ2v) is 12.5. The number of halogens is 3. The van der Waals surface area contributed by atoms with Gasteiger partial charge in [0.2, 0.25) is 0 Å². The maximum Gasteiger partial charge on any atom is 0.411 e. The van der Waals surface area contributed by atoms with Crippen LogP contribution in [0.5, 0.6) is 0 Å². The molecule has 1 atom stereocenters. The number of amides is 2. The summed E-state index contributed by atoms with van der Waals surface area (Å²) in [6.07, 6.45) is 1.46. The number of rotatable bonds is 12. The molecular weight excluding hydrogens is 673 g/mol. The SMILES string of the molecule is Cl.O.O=C(Nc1ccccc1)OCCN(CC(CCN1CCC(O)(c2ccccc2)CC1)c1ccc(Cl)c(Cl)c1)C(=O)c1ccccc1. The quantitative estimate of drug-likeness (QED) is 0.158. The molecule has 1 saturated heterocycles. The van der Waals surface area contributed by atoms with E-state index in [2.05, 4.69) is 10.2 Å². The number of ether oxygens (including phenoxy) is 1. The Morgan fingerprint density at radius 2 is 1.48 bits per heavy atom. The number of aliphatic hydroxyl groups is 1. The lowest BCUT2D eigenvalue weighted by Gasteiger charge is -2.39. The largest absolute Gasteiger partial charge is 0.447 e. The smallest absolute Gasteiger partial charge is 0.411 e. The first-order chi connectivity index (χ1) is 22.3. The average molecular weight is 715 g/mol. The zero-order chi connectivity index (χ0) is 32.4. The van der Waals surface area contributed by atoms with Crippen LogP contribution in [0.3, 0.4) is 0 Å². The molecule has 0 aliphatic carbocycles. The van der Waals surface area contributed by atoms with Crippen LogP contribution in [0.2, 0.25) is 10.0 Å². The fourth-order valence-electron chi connectivity index (χ4n) is 5.88. The number of anilines is 1. The van der Waals surface area contributed by atoms with E-state index in [-0.39, 0.29) is 42.9 Å². The number of likely N-dealkylation sites (tertiary alicyclic amines) is 1. The summed E-state index contributed by atoms with van der Waals surface area (Å²) in [6.45, 7) is 2.92. The number of nitrogens with one attached hydrogen (secondary N) is 1. The zero-order valence-electron chi connectivity index (χ0n) is 26.6. The Morgan fingerprint density at radius 1 is 0.875 bits per heavy atom. The highest BCUT2D eigenvalue weighted by molar-refractivity contribution is 6.42. The van der Waals surface area contributed by atoms with Crippen LogP contribution < -0.4 is 5.32 Å². The van der Waals surface area contributed by atoms with E-state index in [9.17, 15) is 14.7 Å². The molecule has 1 heterocycles. The molecule has 4 aromatic carbocycles. The first-order valence-electron chi connectivity index (χ1n) is 15.6. The second kappa shape index (κ2) is 18.8. The van der Waals surface area contributed by atoms with Crippen molar-refractivity contribution in [2.24, 2.45) is 0 Å². The summed E-state index contributed by atoms with van der Waals surface area (Å²) in [4.78, 5) is 30.4. The van der Waals surface area contributed by atoms with Gasteiger partial charge in [-0.15, -0.1) is 12.4 Å². The topological polar surface area (TPSA) is 114 Å². The van der Waals surface area contributed by atoms with Crippen LogP contribution in [0.4, 0.5) is 10.5 Å². The van der Waals surface area contributed by atoms with E-state index in [0.29, 0.717) is 40.7 Å². The van der Waals surface area contributed by atoms with Crippen molar-refractivity contribution in [2.75, 3.05) is 44.6 Å². The Bertz CT molecular complexity index is 1570. The number of nitrogens with zero attached hydrogens (tertiary/aromatic N) is 2. The lowest BCUT2D eigenvalue weighted by Crippen LogP contribution is -2.43. The molecule has 48 heavy (non-hydrogen) atoms. The first kappa shape index (κ1) is 38.8. The molecule has 2 amide bonds. The van der Waals surface area contributed by atoms with Crippen molar-refractivity contribution in [1.29, 1.82) is 0 Å². The van der Waals surface area contributed by atoms with Gasteiger partial charge in [-0.3, -0.25) is 10.1 Å². The van der Waals surface area contributed by atoms with E-state index in [1.807, 2.05) is 78.9 Å². The fourth-order valence-corrected chi connectivity index (χ4v) is 6.19. The minimum Gasteiger partial charge on any atom is -0.447 e. The van der Waals surface area contributed by atoms with Gasteiger partial charge in [0.25, 0.3) is 5.91 Å². The van der Waals surface area contributed by atoms with Gasteiger partial charge in [0.05, 0.1) is 22.2 Å². The number of carbonyl (C=O) groups is 2. The van der Waals surface area contributed by atoms with E-state index in [1.165, 1.54) is 0 Å².